The Morgan fingerprint density at radius 3 is 2.41 bits per heavy atom. The standard InChI is InChI=1S/C10H19N3O2S2/c1-7(2)11-6-8-12-13-9(16-8)10(3,4)17(5,14)15/h7,11H,6H2,1-5H3. The summed E-state index contributed by atoms with van der Waals surface area (Å²) in [6.45, 7) is 8.02. The van der Waals surface area contributed by atoms with Gasteiger partial charge in [0.1, 0.15) is 14.8 Å². The van der Waals surface area contributed by atoms with Gasteiger partial charge in [-0.2, -0.15) is 0 Å². The quantitative estimate of drug-likeness (QED) is 0.878. The van der Waals surface area contributed by atoms with Crippen molar-refractivity contribution in [3.63, 3.8) is 0 Å². The van der Waals surface area contributed by atoms with Crippen LogP contribution in [0.1, 0.15) is 37.7 Å². The number of sulfone groups is 1. The molecule has 0 unspecified atom stereocenters. The van der Waals surface area contributed by atoms with Crippen LogP contribution in [0.4, 0.5) is 0 Å². The molecule has 0 saturated heterocycles. The second-order valence-corrected chi connectivity index (χ2v) is 8.45. The normalized spacial score (nSPS) is 13.3. The SMILES string of the molecule is CC(C)NCc1nnc(C(C)(C)S(C)(=O)=O)s1. The van der Waals surface area contributed by atoms with Crippen LogP contribution in [-0.4, -0.2) is 30.9 Å². The maximum Gasteiger partial charge on any atom is 0.159 e. The van der Waals surface area contributed by atoms with Crippen LogP contribution in [0, 0.1) is 0 Å². The van der Waals surface area contributed by atoms with Gasteiger partial charge < -0.3 is 5.32 Å². The summed E-state index contributed by atoms with van der Waals surface area (Å²) in [6, 6.07) is 0.366. The first-order valence-corrected chi connectivity index (χ1v) is 8.11. The van der Waals surface area contributed by atoms with Gasteiger partial charge in [-0.25, -0.2) is 8.42 Å². The molecule has 17 heavy (non-hydrogen) atoms. The van der Waals surface area contributed by atoms with Gasteiger partial charge in [0.25, 0.3) is 0 Å². The molecule has 5 nitrogen and oxygen atoms in total. The molecule has 0 aromatic carbocycles. The highest BCUT2D eigenvalue weighted by Gasteiger charge is 2.36. The lowest BCUT2D eigenvalue weighted by Crippen LogP contribution is -2.27. The Hall–Kier alpha value is -0.530. The van der Waals surface area contributed by atoms with E-state index in [0.717, 1.165) is 5.01 Å². The summed E-state index contributed by atoms with van der Waals surface area (Å²) in [4.78, 5) is 0. The molecule has 1 aromatic rings. The van der Waals surface area contributed by atoms with E-state index in [2.05, 4.69) is 15.5 Å². The number of rotatable bonds is 5. The average molecular weight is 277 g/mol. The third-order valence-corrected chi connectivity index (χ3v) is 5.99. The van der Waals surface area contributed by atoms with Crippen LogP contribution < -0.4 is 5.32 Å². The highest BCUT2D eigenvalue weighted by atomic mass is 32.2. The third kappa shape index (κ3) is 3.46. The molecule has 0 atom stereocenters. The summed E-state index contributed by atoms with van der Waals surface area (Å²) in [6.07, 6.45) is 1.22. The Labute approximate surface area is 107 Å². The first-order chi connectivity index (χ1) is 7.64. The number of nitrogens with one attached hydrogen (secondary N) is 1. The molecular weight excluding hydrogens is 258 g/mol. The minimum atomic E-state index is -3.19. The molecule has 7 heteroatoms. The average Bonchev–Trinajstić information content (AvgIpc) is 2.61. The van der Waals surface area contributed by atoms with E-state index in [1.807, 2.05) is 13.8 Å². The van der Waals surface area contributed by atoms with Gasteiger partial charge in [0.15, 0.2) is 9.84 Å². The largest absolute Gasteiger partial charge is 0.308 e. The zero-order valence-corrected chi connectivity index (χ0v) is 12.4. The Kier molecular flexibility index (Phi) is 4.27. The van der Waals surface area contributed by atoms with Crippen LogP contribution in [0.25, 0.3) is 0 Å². The number of hydrogen-bond acceptors (Lipinski definition) is 6. The van der Waals surface area contributed by atoms with E-state index in [1.165, 1.54) is 17.6 Å². The van der Waals surface area contributed by atoms with E-state index in [9.17, 15) is 8.42 Å². The van der Waals surface area contributed by atoms with Gasteiger partial charge in [0.05, 0.1) is 0 Å². The molecule has 1 rings (SSSR count). The Morgan fingerprint density at radius 2 is 1.94 bits per heavy atom. The molecular formula is C10H19N3O2S2. The summed E-state index contributed by atoms with van der Waals surface area (Å²) in [7, 11) is -3.19. The second-order valence-electron chi connectivity index (χ2n) is 4.82. The molecule has 0 spiro atoms. The molecule has 98 valence electrons. The summed E-state index contributed by atoms with van der Waals surface area (Å²) in [5, 5.41) is 12.6. The molecule has 0 saturated carbocycles. The van der Waals surface area contributed by atoms with Gasteiger partial charge in [-0.1, -0.05) is 25.2 Å². The lowest BCUT2D eigenvalue weighted by Gasteiger charge is -2.18. The van der Waals surface area contributed by atoms with Crippen molar-refractivity contribution in [3.05, 3.63) is 10.0 Å². The third-order valence-electron chi connectivity index (χ3n) is 2.57. The topological polar surface area (TPSA) is 72.0 Å². The van der Waals surface area contributed by atoms with Crippen molar-refractivity contribution >= 4 is 21.2 Å². The number of aromatic nitrogens is 2. The minimum absolute atomic E-state index is 0.366. The molecule has 0 aliphatic rings. The van der Waals surface area contributed by atoms with E-state index in [-0.39, 0.29) is 0 Å². The smallest absolute Gasteiger partial charge is 0.159 e. The summed E-state index contributed by atoms with van der Waals surface area (Å²) in [5.74, 6) is 0. The molecule has 0 radical (unpaired) electrons. The fourth-order valence-corrected chi connectivity index (χ4v) is 2.74. The fourth-order valence-electron chi connectivity index (χ4n) is 1.02. The van der Waals surface area contributed by atoms with Crippen molar-refractivity contribution in [1.82, 2.24) is 15.5 Å². The van der Waals surface area contributed by atoms with E-state index in [0.29, 0.717) is 17.6 Å². The van der Waals surface area contributed by atoms with Crippen LogP contribution in [0.2, 0.25) is 0 Å². The van der Waals surface area contributed by atoms with Gasteiger partial charge >= 0.3 is 0 Å². The molecule has 0 bridgehead atoms. The van der Waals surface area contributed by atoms with Crippen molar-refractivity contribution in [2.75, 3.05) is 6.26 Å². The molecule has 0 aliphatic carbocycles. The predicted octanol–water partition coefficient (Wildman–Crippen LogP) is 1.32. The van der Waals surface area contributed by atoms with Gasteiger partial charge in [-0.15, -0.1) is 10.2 Å². The second kappa shape index (κ2) is 4.99. The molecule has 0 fully saturated rings. The van der Waals surface area contributed by atoms with Crippen molar-refractivity contribution in [2.24, 2.45) is 0 Å². The van der Waals surface area contributed by atoms with E-state index >= 15 is 0 Å². The summed E-state index contributed by atoms with van der Waals surface area (Å²) < 4.78 is 22.3. The van der Waals surface area contributed by atoms with Crippen LogP contribution in [0.5, 0.6) is 0 Å². The van der Waals surface area contributed by atoms with Crippen LogP contribution >= 0.6 is 11.3 Å². The van der Waals surface area contributed by atoms with E-state index in [4.69, 9.17) is 0 Å². The molecule has 1 heterocycles. The monoisotopic (exact) mass is 277 g/mol. The Morgan fingerprint density at radius 1 is 1.35 bits per heavy atom. The van der Waals surface area contributed by atoms with Crippen LogP contribution in [0.15, 0.2) is 0 Å². The van der Waals surface area contributed by atoms with Crippen molar-refractivity contribution in [3.8, 4) is 0 Å². The van der Waals surface area contributed by atoms with Crippen molar-refractivity contribution in [2.45, 2.75) is 45.0 Å². The highest BCUT2D eigenvalue weighted by Crippen LogP contribution is 2.31. The zero-order chi connectivity index (χ0) is 13.3. The first-order valence-electron chi connectivity index (χ1n) is 5.40. The Balaban J connectivity index is 2.88. The van der Waals surface area contributed by atoms with Gasteiger partial charge in [-0.3, -0.25) is 0 Å². The fraction of sp³-hybridized carbons (Fsp3) is 0.800. The maximum atomic E-state index is 11.7. The van der Waals surface area contributed by atoms with E-state index < -0.39 is 14.6 Å². The maximum absolute atomic E-state index is 11.7. The zero-order valence-electron chi connectivity index (χ0n) is 10.8. The predicted molar refractivity (Wildman–Crippen MR) is 69.8 cm³/mol. The van der Waals surface area contributed by atoms with Crippen molar-refractivity contribution in [1.29, 1.82) is 0 Å². The number of hydrogen-bond donors (Lipinski definition) is 1. The van der Waals surface area contributed by atoms with Gasteiger partial charge in [-0.05, 0) is 13.8 Å². The van der Waals surface area contributed by atoms with E-state index in [1.54, 1.807) is 13.8 Å². The first kappa shape index (κ1) is 14.5. The summed E-state index contributed by atoms with van der Waals surface area (Å²) >= 11 is 1.34. The Bertz CT molecular complexity index is 477. The van der Waals surface area contributed by atoms with Crippen LogP contribution in [0.3, 0.4) is 0 Å². The molecule has 0 aliphatic heterocycles. The van der Waals surface area contributed by atoms with Gasteiger partial charge in [0.2, 0.25) is 0 Å². The number of nitrogens with zero attached hydrogens (tertiary/aromatic N) is 2. The molecule has 1 aromatic heterocycles. The minimum Gasteiger partial charge on any atom is -0.308 e. The van der Waals surface area contributed by atoms with Crippen LogP contribution in [-0.2, 0) is 21.1 Å². The molecule has 1 N–H and O–H groups in total. The highest BCUT2D eigenvalue weighted by molar-refractivity contribution is 7.91. The van der Waals surface area contributed by atoms with Crippen molar-refractivity contribution < 1.29 is 8.42 Å². The lowest BCUT2D eigenvalue weighted by atomic mass is 10.2. The summed E-state index contributed by atoms with van der Waals surface area (Å²) in [5.41, 5.74) is 0. The van der Waals surface area contributed by atoms with Gasteiger partial charge in [0, 0.05) is 18.8 Å². The lowest BCUT2D eigenvalue weighted by molar-refractivity contribution is 0.558. The molecule has 0 amide bonds.